The molecular formula is C19H16O4. The van der Waals surface area contributed by atoms with Crippen LogP contribution in [0, 0.1) is 0 Å². The molecule has 0 amide bonds. The van der Waals surface area contributed by atoms with Crippen LogP contribution in [0.25, 0.3) is 11.1 Å². The van der Waals surface area contributed by atoms with Gasteiger partial charge in [-0.1, -0.05) is 49.6 Å². The zero-order valence-corrected chi connectivity index (χ0v) is 12.7. The van der Waals surface area contributed by atoms with Crippen LogP contribution in [0.2, 0.25) is 0 Å². The molecule has 0 aliphatic rings. The Labute approximate surface area is 134 Å². The Morgan fingerprint density at radius 3 is 2.13 bits per heavy atom. The Morgan fingerprint density at radius 2 is 1.57 bits per heavy atom. The van der Waals surface area contributed by atoms with E-state index in [-0.39, 0.29) is 11.3 Å². The first-order valence-corrected chi connectivity index (χ1v) is 6.93. The van der Waals surface area contributed by atoms with Crippen molar-refractivity contribution in [3.63, 3.8) is 0 Å². The highest BCUT2D eigenvalue weighted by molar-refractivity contribution is 5.92. The summed E-state index contributed by atoms with van der Waals surface area (Å²) in [7, 11) is 0. The summed E-state index contributed by atoms with van der Waals surface area (Å²) < 4.78 is 10.6. The third-order valence-electron chi connectivity index (χ3n) is 2.98. The van der Waals surface area contributed by atoms with E-state index in [1.165, 1.54) is 0 Å². The van der Waals surface area contributed by atoms with Crippen molar-refractivity contribution in [2.45, 2.75) is 6.92 Å². The highest BCUT2D eigenvalue weighted by Gasteiger charge is 2.17. The molecule has 0 heterocycles. The summed E-state index contributed by atoms with van der Waals surface area (Å²) in [5.41, 5.74) is 1.54. The van der Waals surface area contributed by atoms with Crippen LogP contribution in [0.5, 0.6) is 11.5 Å². The zero-order valence-electron chi connectivity index (χ0n) is 12.7. The quantitative estimate of drug-likeness (QED) is 0.477. The maximum absolute atomic E-state index is 11.8. The van der Waals surface area contributed by atoms with Gasteiger partial charge in [-0.15, -0.1) is 0 Å². The van der Waals surface area contributed by atoms with Crippen molar-refractivity contribution in [3.8, 4) is 22.6 Å². The fourth-order valence-corrected chi connectivity index (χ4v) is 1.91. The molecule has 4 nitrogen and oxygen atoms in total. The molecule has 0 unspecified atom stereocenters. The summed E-state index contributed by atoms with van der Waals surface area (Å²) in [6.45, 7) is 8.51. The maximum Gasteiger partial charge on any atom is 0.338 e. The van der Waals surface area contributed by atoms with Crippen molar-refractivity contribution in [2.75, 3.05) is 0 Å². The minimum Gasteiger partial charge on any atom is -0.423 e. The Balaban J connectivity index is 2.55. The average Bonchev–Trinajstić information content (AvgIpc) is 2.55. The predicted molar refractivity (Wildman–Crippen MR) is 88.2 cm³/mol. The molecule has 0 bridgehead atoms. The molecule has 0 saturated carbocycles. The van der Waals surface area contributed by atoms with E-state index < -0.39 is 11.9 Å². The second-order valence-corrected chi connectivity index (χ2v) is 4.79. The number of carbonyl (C=O) groups is 2. The molecule has 0 aromatic heterocycles. The molecular weight excluding hydrogens is 292 g/mol. The molecule has 2 aromatic rings. The first-order valence-electron chi connectivity index (χ1n) is 6.93. The van der Waals surface area contributed by atoms with Crippen LogP contribution in [0.3, 0.4) is 0 Å². The lowest BCUT2D eigenvalue weighted by atomic mass is 10.0. The SMILES string of the molecule is C=CC(=O)Oc1cccc(OC(=O)C(=C)C)c1-c1ccccc1. The lowest BCUT2D eigenvalue weighted by molar-refractivity contribution is -0.130. The second kappa shape index (κ2) is 7.22. The molecule has 2 rings (SSSR count). The van der Waals surface area contributed by atoms with Crippen LogP contribution in [-0.4, -0.2) is 11.9 Å². The summed E-state index contributed by atoms with van der Waals surface area (Å²) in [6, 6.07) is 14.1. The largest absolute Gasteiger partial charge is 0.423 e. The van der Waals surface area contributed by atoms with Crippen LogP contribution < -0.4 is 9.47 Å². The van der Waals surface area contributed by atoms with E-state index in [9.17, 15) is 9.59 Å². The van der Waals surface area contributed by atoms with Crippen molar-refractivity contribution < 1.29 is 19.1 Å². The molecule has 0 saturated heterocycles. The van der Waals surface area contributed by atoms with Crippen LogP contribution in [0.15, 0.2) is 73.3 Å². The minimum absolute atomic E-state index is 0.275. The van der Waals surface area contributed by atoms with Crippen LogP contribution in [0.4, 0.5) is 0 Å². The van der Waals surface area contributed by atoms with Gasteiger partial charge in [0.15, 0.2) is 0 Å². The van der Waals surface area contributed by atoms with Gasteiger partial charge in [0.05, 0.1) is 5.56 Å². The monoisotopic (exact) mass is 308 g/mol. The highest BCUT2D eigenvalue weighted by atomic mass is 16.5. The van der Waals surface area contributed by atoms with E-state index in [4.69, 9.17) is 9.47 Å². The molecule has 4 heteroatoms. The molecule has 0 N–H and O–H groups in total. The number of hydrogen-bond acceptors (Lipinski definition) is 4. The van der Waals surface area contributed by atoms with Gasteiger partial charge in [-0.25, -0.2) is 9.59 Å². The van der Waals surface area contributed by atoms with E-state index >= 15 is 0 Å². The normalized spacial score (nSPS) is 9.78. The van der Waals surface area contributed by atoms with Crippen molar-refractivity contribution in [2.24, 2.45) is 0 Å². The van der Waals surface area contributed by atoms with Gasteiger partial charge in [-0.2, -0.15) is 0 Å². The Hall–Kier alpha value is -3.14. The van der Waals surface area contributed by atoms with Crippen LogP contribution in [0.1, 0.15) is 6.92 Å². The predicted octanol–water partition coefficient (Wildman–Crippen LogP) is 3.93. The fraction of sp³-hybridized carbons (Fsp3) is 0.0526. The summed E-state index contributed by atoms with van der Waals surface area (Å²) in [5.74, 6) is -0.563. The number of benzene rings is 2. The molecule has 116 valence electrons. The maximum atomic E-state index is 11.8. The van der Waals surface area contributed by atoms with E-state index in [2.05, 4.69) is 13.2 Å². The van der Waals surface area contributed by atoms with Gasteiger partial charge in [0.2, 0.25) is 0 Å². The van der Waals surface area contributed by atoms with Crippen molar-refractivity contribution >= 4 is 11.9 Å². The molecule has 0 aliphatic heterocycles. The van der Waals surface area contributed by atoms with E-state index in [1.54, 1.807) is 25.1 Å². The number of rotatable bonds is 5. The van der Waals surface area contributed by atoms with Gasteiger partial charge in [0.1, 0.15) is 11.5 Å². The van der Waals surface area contributed by atoms with Gasteiger partial charge >= 0.3 is 11.9 Å². The average molecular weight is 308 g/mol. The summed E-state index contributed by atoms with van der Waals surface area (Å²) in [5, 5.41) is 0. The topological polar surface area (TPSA) is 52.6 Å². The smallest absolute Gasteiger partial charge is 0.338 e. The van der Waals surface area contributed by atoms with Gasteiger partial charge < -0.3 is 9.47 Å². The zero-order chi connectivity index (χ0) is 16.8. The van der Waals surface area contributed by atoms with E-state index in [1.807, 2.05) is 30.3 Å². The van der Waals surface area contributed by atoms with E-state index in [0.29, 0.717) is 11.3 Å². The van der Waals surface area contributed by atoms with Gasteiger partial charge in [-0.05, 0) is 24.6 Å². The van der Waals surface area contributed by atoms with Gasteiger partial charge in [0, 0.05) is 11.6 Å². The molecule has 0 fully saturated rings. The molecule has 2 aromatic carbocycles. The minimum atomic E-state index is -0.592. The number of carbonyl (C=O) groups excluding carboxylic acids is 2. The molecule has 23 heavy (non-hydrogen) atoms. The van der Waals surface area contributed by atoms with Crippen molar-refractivity contribution in [3.05, 3.63) is 73.3 Å². The highest BCUT2D eigenvalue weighted by Crippen LogP contribution is 2.38. The standard InChI is InChI=1S/C19H16O4/c1-4-17(20)22-15-11-8-12-16(23-19(21)13(2)3)18(15)14-9-6-5-7-10-14/h4-12H,1-2H2,3H3. The lowest BCUT2D eigenvalue weighted by Crippen LogP contribution is -2.10. The number of esters is 2. The number of ether oxygens (including phenoxy) is 2. The Morgan fingerprint density at radius 1 is 0.957 bits per heavy atom. The van der Waals surface area contributed by atoms with Crippen LogP contribution in [-0.2, 0) is 9.59 Å². The van der Waals surface area contributed by atoms with Gasteiger partial charge in [0.25, 0.3) is 0 Å². The second-order valence-electron chi connectivity index (χ2n) is 4.79. The summed E-state index contributed by atoms with van der Waals surface area (Å²) in [4.78, 5) is 23.4. The molecule has 0 aliphatic carbocycles. The fourth-order valence-electron chi connectivity index (χ4n) is 1.91. The molecule has 0 radical (unpaired) electrons. The van der Waals surface area contributed by atoms with Crippen molar-refractivity contribution in [1.29, 1.82) is 0 Å². The third kappa shape index (κ3) is 3.95. The lowest BCUT2D eigenvalue weighted by Gasteiger charge is -2.14. The van der Waals surface area contributed by atoms with Gasteiger partial charge in [-0.3, -0.25) is 0 Å². The van der Waals surface area contributed by atoms with E-state index in [0.717, 1.165) is 11.6 Å². The third-order valence-corrected chi connectivity index (χ3v) is 2.98. The number of hydrogen-bond donors (Lipinski definition) is 0. The molecule has 0 atom stereocenters. The Kier molecular flexibility index (Phi) is 5.10. The first-order chi connectivity index (χ1) is 11.0. The molecule has 0 spiro atoms. The van der Waals surface area contributed by atoms with Crippen molar-refractivity contribution in [1.82, 2.24) is 0 Å². The van der Waals surface area contributed by atoms with Crippen LogP contribution >= 0.6 is 0 Å². The Bertz CT molecular complexity index is 760. The summed E-state index contributed by atoms with van der Waals surface area (Å²) in [6.07, 6.45) is 1.07. The first kappa shape index (κ1) is 16.2. The summed E-state index contributed by atoms with van der Waals surface area (Å²) >= 11 is 0.